The van der Waals surface area contributed by atoms with Crippen LogP contribution in [0.2, 0.25) is 0 Å². The third-order valence-corrected chi connectivity index (χ3v) is 3.54. The molecular weight excluding hydrogens is 296 g/mol. The quantitative estimate of drug-likeness (QED) is 0.867. The summed E-state index contributed by atoms with van der Waals surface area (Å²) >= 11 is 0. The molecule has 2 aromatic rings. The molecule has 1 aliphatic heterocycles. The van der Waals surface area contributed by atoms with E-state index in [-0.39, 0.29) is 12.0 Å². The molecule has 1 amide bonds. The Labute approximate surface area is 135 Å². The van der Waals surface area contributed by atoms with Crippen molar-refractivity contribution < 1.29 is 18.8 Å². The highest BCUT2D eigenvalue weighted by atomic mass is 16.5. The number of carbonyl (C=O) groups is 1. The van der Waals surface area contributed by atoms with Crippen LogP contribution in [-0.4, -0.2) is 48.4 Å². The minimum atomic E-state index is -0.122. The second-order valence-corrected chi connectivity index (χ2v) is 5.67. The van der Waals surface area contributed by atoms with E-state index in [1.807, 2.05) is 38.1 Å². The first-order valence-electron chi connectivity index (χ1n) is 7.74. The van der Waals surface area contributed by atoms with Crippen molar-refractivity contribution in [2.45, 2.75) is 20.0 Å². The van der Waals surface area contributed by atoms with Gasteiger partial charge in [-0.15, -0.1) is 0 Å². The normalized spacial score (nSPS) is 15.0. The van der Waals surface area contributed by atoms with Gasteiger partial charge in [-0.05, 0) is 38.1 Å². The molecule has 0 atom stereocenters. The van der Waals surface area contributed by atoms with Gasteiger partial charge < -0.3 is 18.9 Å². The molecule has 0 radical (unpaired) electrons. The number of aromatic nitrogens is 1. The Morgan fingerprint density at radius 2 is 1.91 bits per heavy atom. The topological polar surface area (TPSA) is 64.8 Å². The van der Waals surface area contributed by atoms with Gasteiger partial charge in [-0.2, -0.15) is 0 Å². The van der Waals surface area contributed by atoms with Crippen LogP contribution in [-0.2, 0) is 4.74 Å². The minimum Gasteiger partial charge on any atom is -0.491 e. The van der Waals surface area contributed by atoms with Crippen LogP contribution in [0.4, 0.5) is 0 Å². The van der Waals surface area contributed by atoms with Gasteiger partial charge in [0, 0.05) is 24.7 Å². The van der Waals surface area contributed by atoms with Gasteiger partial charge in [-0.25, -0.2) is 0 Å². The molecule has 0 unspecified atom stereocenters. The van der Waals surface area contributed by atoms with E-state index in [1.54, 1.807) is 11.0 Å². The van der Waals surface area contributed by atoms with Crippen molar-refractivity contribution in [2.75, 3.05) is 26.3 Å². The number of hydrogen-bond donors (Lipinski definition) is 0. The summed E-state index contributed by atoms with van der Waals surface area (Å²) in [6.45, 7) is 6.26. The second kappa shape index (κ2) is 6.83. The van der Waals surface area contributed by atoms with Gasteiger partial charge in [0.15, 0.2) is 11.5 Å². The Kier molecular flexibility index (Phi) is 4.62. The van der Waals surface area contributed by atoms with Crippen molar-refractivity contribution in [1.82, 2.24) is 10.1 Å². The fraction of sp³-hybridized carbons (Fsp3) is 0.412. The number of carbonyl (C=O) groups excluding carboxylic acids is 1. The van der Waals surface area contributed by atoms with Gasteiger partial charge in [0.25, 0.3) is 5.91 Å². The van der Waals surface area contributed by atoms with Crippen LogP contribution in [0.5, 0.6) is 5.75 Å². The molecule has 1 saturated heterocycles. The second-order valence-electron chi connectivity index (χ2n) is 5.67. The number of nitrogens with zero attached hydrogens (tertiary/aromatic N) is 2. The number of amides is 1. The summed E-state index contributed by atoms with van der Waals surface area (Å²) in [5.41, 5.74) is 1.18. The van der Waals surface area contributed by atoms with Gasteiger partial charge in [-0.3, -0.25) is 4.79 Å². The summed E-state index contributed by atoms with van der Waals surface area (Å²) in [6, 6.07) is 9.21. The third-order valence-electron chi connectivity index (χ3n) is 3.54. The summed E-state index contributed by atoms with van der Waals surface area (Å²) < 4.78 is 16.2. The molecule has 6 nitrogen and oxygen atoms in total. The smallest absolute Gasteiger partial charge is 0.276 e. The maximum atomic E-state index is 12.3. The molecule has 23 heavy (non-hydrogen) atoms. The summed E-state index contributed by atoms with van der Waals surface area (Å²) in [6.07, 6.45) is 0.129. The lowest BCUT2D eigenvalue weighted by Crippen LogP contribution is -2.40. The average molecular weight is 316 g/mol. The van der Waals surface area contributed by atoms with Gasteiger partial charge in [0.05, 0.1) is 19.3 Å². The van der Waals surface area contributed by atoms with Crippen LogP contribution in [0.1, 0.15) is 24.3 Å². The predicted octanol–water partition coefficient (Wildman–Crippen LogP) is 2.60. The highest BCUT2D eigenvalue weighted by Gasteiger charge is 2.22. The first-order chi connectivity index (χ1) is 11.1. The SMILES string of the molecule is CC(C)Oc1ccc(-c2cc(C(=O)N3CCOCC3)no2)cc1. The van der Waals surface area contributed by atoms with E-state index in [0.717, 1.165) is 11.3 Å². The van der Waals surface area contributed by atoms with Crippen molar-refractivity contribution >= 4 is 5.91 Å². The maximum Gasteiger partial charge on any atom is 0.276 e. The van der Waals surface area contributed by atoms with Crippen LogP contribution >= 0.6 is 0 Å². The largest absolute Gasteiger partial charge is 0.491 e. The summed E-state index contributed by atoms with van der Waals surface area (Å²) in [5, 5.41) is 3.90. The summed E-state index contributed by atoms with van der Waals surface area (Å²) in [7, 11) is 0. The lowest BCUT2D eigenvalue weighted by Gasteiger charge is -2.25. The van der Waals surface area contributed by atoms with E-state index >= 15 is 0 Å². The van der Waals surface area contributed by atoms with Gasteiger partial charge in [-0.1, -0.05) is 5.16 Å². The van der Waals surface area contributed by atoms with E-state index in [4.69, 9.17) is 14.0 Å². The predicted molar refractivity (Wildman–Crippen MR) is 84.4 cm³/mol. The van der Waals surface area contributed by atoms with Gasteiger partial charge in [0.2, 0.25) is 0 Å². The number of hydrogen-bond acceptors (Lipinski definition) is 5. The van der Waals surface area contributed by atoms with E-state index < -0.39 is 0 Å². The molecule has 122 valence electrons. The zero-order valence-electron chi connectivity index (χ0n) is 13.3. The van der Waals surface area contributed by atoms with Crippen LogP contribution < -0.4 is 4.74 Å². The van der Waals surface area contributed by atoms with E-state index in [1.165, 1.54) is 0 Å². The molecule has 0 spiro atoms. The van der Waals surface area contributed by atoms with Gasteiger partial charge in [0.1, 0.15) is 5.75 Å². The minimum absolute atomic E-state index is 0.122. The van der Waals surface area contributed by atoms with E-state index in [9.17, 15) is 4.79 Å². The van der Waals surface area contributed by atoms with Crippen LogP contribution in [0.3, 0.4) is 0 Å². The van der Waals surface area contributed by atoms with Crippen molar-refractivity contribution in [3.63, 3.8) is 0 Å². The molecule has 1 aliphatic rings. The Morgan fingerprint density at radius 1 is 1.22 bits per heavy atom. The molecule has 2 heterocycles. The third kappa shape index (κ3) is 3.71. The summed E-state index contributed by atoms with van der Waals surface area (Å²) in [4.78, 5) is 14.1. The van der Waals surface area contributed by atoms with Crippen molar-refractivity contribution in [2.24, 2.45) is 0 Å². The Bertz CT molecular complexity index is 657. The number of ether oxygens (including phenoxy) is 2. The van der Waals surface area contributed by atoms with E-state index in [2.05, 4.69) is 5.16 Å². The summed E-state index contributed by atoms with van der Waals surface area (Å²) in [5.74, 6) is 1.24. The van der Waals surface area contributed by atoms with Crippen molar-refractivity contribution in [3.8, 4) is 17.1 Å². The van der Waals surface area contributed by atoms with Crippen LogP contribution in [0.25, 0.3) is 11.3 Å². The Hall–Kier alpha value is -2.34. The lowest BCUT2D eigenvalue weighted by molar-refractivity contribution is 0.0296. The Morgan fingerprint density at radius 3 is 2.57 bits per heavy atom. The maximum absolute atomic E-state index is 12.3. The number of rotatable bonds is 4. The average Bonchev–Trinajstić information content (AvgIpc) is 3.05. The highest BCUT2D eigenvalue weighted by molar-refractivity contribution is 5.93. The van der Waals surface area contributed by atoms with Gasteiger partial charge >= 0.3 is 0 Å². The van der Waals surface area contributed by atoms with Crippen LogP contribution in [0, 0.1) is 0 Å². The molecule has 1 fully saturated rings. The Balaban J connectivity index is 1.72. The molecule has 0 saturated carbocycles. The number of benzene rings is 1. The monoisotopic (exact) mass is 316 g/mol. The molecule has 0 aliphatic carbocycles. The zero-order valence-corrected chi connectivity index (χ0v) is 13.3. The molecule has 0 bridgehead atoms. The first-order valence-corrected chi connectivity index (χ1v) is 7.74. The molecule has 1 aromatic carbocycles. The molecular formula is C17H20N2O4. The lowest BCUT2D eigenvalue weighted by atomic mass is 10.1. The molecule has 0 N–H and O–H groups in total. The standard InChI is InChI=1S/C17H20N2O4/c1-12(2)22-14-5-3-13(4-6-14)16-11-15(18-23-16)17(20)19-7-9-21-10-8-19/h3-6,11-12H,7-10H2,1-2H3. The first kappa shape index (κ1) is 15.6. The molecule has 3 rings (SSSR count). The fourth-order valence-electron chi connectivity index (χ4n) is 2.41. The zero-order chi connectivity index (χ0) is 16.2. The molecule has 1 aromatic heterocycles. The highest BCUT2D eigenvalue weighted by Crippen LogP contribution is 2.24. The van der Waals surface area contributed by atoms with Crippen molar-refractivity contribution in [1.29, 1.82) is 0 Å². The molecule has 6 heteroatoms. The fourth-order valence-corrected chi connectivity index (χ4v) is 2.41. The van der Waals surface area contributed by atoms with Crippen LogP contribution in [0.15, 0.2) is 34.9 Å². The number of morpholine rings is 1. The van der Waals surface area contributed by atoms with Crippen molar-refractivity contribution in [3.05, 3.63) is 36.0 Å². The van der Waals surface area contributed by atoms with E-state index in [0.29, 0.717) is 37.8 Å².